The van der Waals surface area contributed by atoms with Gasteiger partial charge in [-0.3, -0.25) is 4.99 Å². The molecule has 1 atom stereocenters. The Kier molecular flexibility index (Phi) is 6.89. The highest BCUT2D eigenvalue weighted by atomic mass is 19.2. The summed E-state index contributed by atoms with van der Waals surface area (Å²) in [6, 6.07) is 8.16. The maximum atomic E-state index is 13.9. The lowest BCUT2D eigenvalue weighted by Gasteiger charge is -2.18. The molecule has 0 fully saturated rings. The number of rotatable bonds is 6. The van der Waals surface area contributed by atoms with Gasteiger partial charge in [0.05, 0.1) is 12.6 Å². The van der Waals surface area contributed by atoms with E-state index < -0.39 is 17.5 Å². The number of aliphatic imine (C=N–C) groups is 1. The van der Waals surface area contributed by atoms with Crippen LogP contribution in [-0.2, 0) is 6.54 Å². The number of nitrogens with one attached hydrogen (secondary N) is 2. The third-order valence-electron chi connectivity index (χ3n) is 3.78. The largest absolute Gasteiger partial charge is 0.491 e. The molecule has 4 nitrogen and oxygen atoms in total. The third-order valence-corrected chi connectivity index (χ3v) is 3.78. The normalized spacial score (nSPS) is 12.6. The molecule has 2 rings (SSSR count). The Hall–Kier alpha value is -2.70. The Labute approximate surface area is 151 Å². The zero-order valence-corrected chi connectivity index (χ0v) is 14.9. The lowest BCUT2D eigenvalue weighted by Crippen LogP contribution is -2.38. The summed E-state index contributed by atoms with van der Waals surface area (Å²) >= 11 is 0. The first-order valence-electron chi connectivity index (χ1n) is 8.28. The quantitative estimate of drug-likeness (QED) is 0.602. The van der Waals surface area contributed by atoms with Crippen molar-refractivity contribution in [2.45, 2.75) is 26.4 Å². The van der Waals surface area contributed by atoms with Crippen molar-refractivity contribution in [3.8, 4) is 5.75 Å². The van der Waals surface area contributed by atoms with Crippen molar-refractivity contribution >= 4 is 5.96 Å². The van der Waals surface area contributed by atoms with Crippen LogP contribution in [0.25, 0.3) is 0 Å². The Balaban J connectivity index is 1.97. The fraction of sp³-hybridized carbons (Fsp3) is 0.316. The minimum Gasteiger partial charge on any atom is -0.491 e. The van der Waals surface area contributed by atoms with Crippen LogP contribution in [0.2, 0.25) is 0 Å². The molecular formula is C19H22F3N3O. The zero-order chi connectivity index (χ0) is 19.1. The van der Waals surface area contributed by atoms with Gasteiger partial charge in [0, 0.05) is 13.6 Å². The summed E-state index contributed by atoms with van der Waals surface area (Å²) < 4.78 is 45.4. The number of hydrogen-bond acceptors (Lipinski definition) is 2. The van der Waals surface area contributed by atoms with Crippen LogP contribution in [0.3, 0.4) is 0 Å². The summed E-state index contributed by atoms with van der Waals surface area (Å²) in [5.41, 5.74) is 1.30. The second-order valence-corrected chi connectivity index (χ2v) is 5.66. The van der Waals surface area contributed by atoms with E-state index in [9.17, 15) is 13.2 Å². The molecule has 7 heteroatoms. The van der Waals surface area contributed by atoms with Crippen LogP contribution >= 0.6 is 0 Å². The van der Waals surface area contributed by atoms with Crippen molar-refractivity contribution in [1.29, 1.82) is 0 Å². The Morgan fingerprint density at radius 1 is 1.08 bits per heavy atom. The third kappa shape index (κ3) is 5.15. The molecule has 0 spiro atoms. The zero-order valence-electron chi connectivity index (χ0n) is 14.9. The molecule has 0 aliphatic carbocycles. The molecule has 2 aromatic carbocycles. The number of guanidine groups is 1. The lowest BCUT2D eigenvalue weighted by atomic mass is 10.1. The molecule has 2 aromatic rings. The first-order valence-corrected chi connectivity index (χ1v) is 8.28. The van der Waals surface area contributed by atoms with Gasteiger partial charge in [0.25, 0.3) is 0 Å². The number of nitrogens with zero attached hydrogens (tertiary/aromatic N) is 1. The van der Waals surface area contributed by atoms with Gasteiger partial charge >= 0.3 is 0 Å². The van der Waals surface area contributed by atoms with Gasteiger partial charge in [-0.05, 0) is 49.2 Å². The molecule has 0 saturated heterocycles. The van der Waals surface area contributed by atoms with Crippen molar-refractivity contribution in [1.82, 2.24) is 10.6 Å². The van der Waals surface area contributed by atoms with Crippen molar-refractivity contribution in [3.05, 3.63) is 65.0 Å². The van der Waals surface area contributed by atoms with E-state index in [1.54, 1.807) is 33.0 Å². The minimum absolute atomic E-state index is 0.214. The molecule has 0 aromatic heterocycles. The van der Waals surface area contributed by atoms with Gasteiger partial charge in [-0.25, -0.2) is 13.2 Å². The van der Waals surface area contributed by atoms with E-state index in [0.29, 0.717) is 24.7 Å². The predicted molar refractivity (Wildman–Crippen MR) is 95.7 cm³/mol. The van der Waals surface area contributed by atoms with Crippen molar-refractivity contribution in [2.24, 2.45) is 4.99 Å². The minimum atomic E-state index is -0.899. The maximum Gasteiger partial charge on any atom is 0.191 e. The molecule has 140 valence electrons. The average Bonchev–Trinajstić information content (AvgIpc) is 2.62. The van der Waals surface area contributed by atoms with Gasteiger partial charge in [-0.2, -0.15) is 0 Å². The number of hydrogen-bond donors (Lipinski definition) is 2. The van der Waals surface area contributed by atoms with Gasteiger partial charge in [-0.15, -0.1) is 0 Å². The number of ether oxygens (including phenoxy) is 1. The predicted octanol–water partition coefficient (Wildman–Crippen LogP) is 3.93. The van der Waals surface area contributed by atoms with E-state index in [2.05, 4.69) is 15.6 Å². The van der Waals surface area contributed by atoms with E-state index in [0.717, 1.165) is 17.7 Å². The summed E-state index contributed by atoms with van der Waals surface area (Å²) in [4.78, 5) is 4.09. The first kappa shape index (κ1) is 19.6. The van der Waals surface area contributed by atoms with Gasteiger partial charge in [0.2, 0.25) is 0 Å². The summed E-state index contributed by atoms with van der Waals surface area (Å²) in [7, 11) is 1.59. The molecule has 0 bridgehead atoms. The average molecular weight is 365 g/mol. The highest BCUT2D eigenvalue weighted by molar-refractivity contribution is 5.80. The van der Waals surface area contributed by atoms with E-state index in [-0.39, 0.29) is 11.8 Å². The highest BCUT2D eigenvalue weighted by Crippen LogP contribution is 2.18. The fourth-order valence-corrected chi connectivity index (χ4v) is 2.38. The topological polar surface area (TPSA) is 45.6 Å². The molecular weight excluding hydrogens is 343 g/mol. The molecule has 0 amide bonds. The van der Waals surface area contributed by atoms with Crippen LogP contribution < -0.4 is 15.4 Å². The lowest BCUT2D eigenvalue weighted by molar-refractivity contribution is 0.321. The number of halogens is 3. The monoisotopic (exact) mass is 365 g/mol. The Morgan fingerprint density at radius 3 is 2.46 bits per heavy atom. The van der Waals surface area contributed by atoms with Crippen molar-refractivity contribution < 1.29 is 17.9 Å². The molecule has 0 aliphatic rings. The Bertz CT molecular complexity index is 781. The van der Waals surface area contributed by atoms with Gasteiger partial charge < -0.3 is 15.4 Å². The molecule has 0 radical (unpaired) electrons. The van der Waals surface area contributed by atoms with Crippen LogP contribution in [-0.4, -0.2) is 19.6 Å². The SMILES string of the molecule is CCOc1ccc(CNC(=NC)NC(C)c2ccc(F)c(F)c2)cc1F. The van der Waals surface area contributed by atoms with Crippen molar-refractivity contribution in [2.75, 3.05) is 13.7 Å². The fourth-order valence-electron chi connectivity index (χ4n) is 2.38. The second kappa shape index (κ2) is 9.12. The number of benzene rings is 2. The van der Waals surface area contributed by atoms with E-state index >= 15 is 0 Å². The highest BCUT2D eigenvalue weighted by Gasteiger charge is 2.11. The molecule has 1 unspecified atom stereocenters. The van der Waals surface area contributed by atoms with E-state index in [1.807, 2.05) is 0 Å². The molecule has 0 heterocycles. The standard InChI is InChI=1S/C19H22F3N3O/c1-4-26-18-8-5-13(9-17(18)22)11-24-19(23-3)25-12(2)14-6-7-15(20)16(21)10-14/h5-10,12H,4,11H2,1-3H3,(H2,23,24,25). The summed E-state index contributed by atoms with van der Waals surface area (Å²) in [5, 5.41) is 6.13. The summed E-state index contributed by atoms with van der Waals surface area (Å²) in [5.74, 6) is -1.54. The molecule has 0 aliphatic heterocycles. The van der Waals surface area contributed by atoms with Crippen molar-refractivity contribution in [3.63, 3.8) is 0 Å². The van der Waals surface area contributed by atoms with Crippen LogP contribution in [0.1, 0.15) is 31.0 Å². The van der Waals surface area contributed by atoms with Gasteiger partial charge in [0.15, 0.2) is 29.2 Å². The van der Waals surface area contributed by atoms with Crippen LogP contribution in [0.4, 0.5) is 13.2 Å². The Morgan fingerprint density at radius 2 is 1.85 bits per heavy atom. The van der Waals surface area contributed by atoms with Gasteiger partial charge in [0.1, 0.15) is 0 Å². The molecule has 26 heavy (non-hydrogen) atoms. The molecule has 0 saturated carbocycles. The van der Waals surface area contributed by atoms with E-state index in [1.165, 1.54) is 12.1 Å². The van der Waals surface area contributed by atoms with E-state index in [4.69, 9.17) is 4.74 Å². The smallest absolute Gasteiger partial charge is 0.191 e. The summed E-state index contributed by atoms with van der Waals surface area (Å²) in [6.07, 6.45) is 0. The maximum absolute atomic E-state index is 13.9. The summed E-state index contributed by atoms with van der Waals surface area (Å²) in [6.45, 7) is 4.33. The van der Waals surface area contributed by atoms with Crippen LogP contribution in [0, 0.1) is 17.5 Å². The van der Waals surface area contributed by atoms with Gasteiger partial charge in [-0.1, -0.05) is 12.1 Å². The first-order chi connectivity index (χ1) is 12.4. The second-order valence-electron chi connectivity index (χ2n) is 5.66. The van der Waals surface area contributed by atoms with Crippen LogP contribution in [0.5, 0.6) is 5.75 Å². The van der Waals surface area contributed by atoms with Crippen LogP contribution in [0.15, 0.2) is 41.4 Å². The molecule has 2 N–H and O–H groups in total.